The van der Waals surface area contributed by atoms with E-state index in [2.05, 4.69) is 5.18 Å². The molecule has 0 aliphatic rings. The lowest BCUT2D eigenvalue weighted by Crippen LogP contribution is -2.05. The van der Waals surface area contributed by atoms with Gasteiger partial charge in [0.1, 0.15) is 5.69 Å². The molecule has 9 heteroatoms. The first-order valence-electron chi connectivity index (χ1n) is 4.55. The van der Waals surface area contributed by atoms with Crippen LogP contribution in [0.4, 0.5) is 24.5 Å². The van der Waals surface area contributed by atoms with Crippen molar-refractivity contribution in [3.8, 4) is 0 Å². The lowest BCUT2D eigenvalue weighted by Gasteiger charge is -2.02. The third-order valence-electron chi connectivity index (χ3n) is 2.34. The van der Waals surface area contributed by atoms with Gasteiger partial charge in [-0.15, -0.1) is 4.91 Å². The van der Waals surface area contributed by atoms with Crippen LogP contribution in [0, 0.1) is 15.0 Å². The Morgan fingerprint density at radius 3 is 2.50 bits per heavy atom. The number of benzene rings is 1. The number of fused-ring (bicyclic) bond motifs is 1. The number of nitroso groups, excluding NO2 is 1. The summed E-state index contributed by atoms with van der Waals surface area (Å²) in [6.07, 6.45) is -4.78. The third kappa shape index (κ3) is 1.79. The molecule has 1 heterocycles. The van der Waals surface area contributed by atoms with Crippen LogP contribution >= 0.6 is 0 Å². The molecular weight excluding hydrogens is 255 g/mol. The van der Waals surface area contributed by atoms with E-state index in [0.717, 1.165) is 18.2 Å². The number of aromatic amines is 1. The van der Waals surface area contributed by atoms with E-state index in [1.807, 2.05) is 4.98 Å². The van der Waals surface area contributed by atoms with Crippen molar-refractivity contribution in [2.45, 2.75) is 6.18 Å². The number of nitrogens with zero attached hydrogens (tertiary/aromatic N) is 2. The number of nitro benzene ring substituents is 1. The smallest absolute Gasteiger partial charge is 0.349 e. The number of nitrogens with one attached hydrogen (secondary N) is 1. The van der Waals surface area contributed by atoms with Crippen molar-refractivity contribution in [3.05, 3.63) is 38.9 Å². The molecule has 0 saturated heterocycles. The largest absolute Gasteiger partial charge is 0.433 e. The van der Waals surface area contributed by atoms with Gasteiger partial charge in [0, 0.05) is 23.0 Å². The highest BCUT2D eigenvalue weighted by atomic mass is 19.4. The summed E-state index contributed by atoms with van der Waals surface area (Å²) in [4.78, 5) is 22.2. The summed E-state index contributed by atoms with van der Waals surface area (Å²) in [7, 11) is 0. The second-order valence-electron chi connectivity index (χ2n) is 3.42. The molecule has 1 N–H and O–H groups in total. The molecule has 0 saturated carbocycles. The Kier molecular flexibility index (Phi) is 2.53. The Labute approximate surface area is 96.5 Å². The number of aromatic nitrogens is 1. The highest BCUT2D eigenvalue weighted by Crippen LogP contribution is 2.41. The van der Waals surface area contributed by atoms with E-state index in [9.17, 15) is 28.2 Å². The van der Waals surface area contributed by atoms with Crippen molar-refractivity contribution in [2.75, 3.05) is 0 Å². The fraction of sp³-hybridized carbons (Fsp3) is 0.111. The fourth-order valence-electron chi connectivity index (χ4n) is 1.58. The second kappa shape index (κ2) is 3.79. The molecule has 0 spiro atoms. The van der Waals surface area contributed by atoms with Gasteiger partial charge in [0.15, 0.2) is 5.69 Å². The van der Waals surface area contributed by atoms with Crippen LogP contribution in [0.3, 0.4) is 0 Å². The van der Waals surface area contributed by atoms with E-state index in [4.69, 9.17) is 0 Å². The molecule has 0 unspecified atom stereocenters. The minimum atomic E-state index is -4.78. The highest BCUT2D eigenvalue weighted by molar-refractivity contribution is 5.94. The van der Waals surface area contributed by atoms with E-state index in [0.29, 0.717) is 0 Å². The van der Waals surface area contributed by atoms with Crippen LogP contribution in [-0.4, -0.2) is 9.91 Å². The number of H-pyrrole nitrogens is 1. The molecule has 0 amide bonds. The average molecular weight is 259 g/mol. The summed E-state index contributed by atoms with van der Waals surface area (Å²) < 4.78 is 37.7. The second-order valence-corrected chi connectivity index (χ2v) is 3.42. The monoisotopic (exact) mass is 259 g/mol. The molecule has 2 rings (SSSR count). The quantitative estimate of drug-likeness (QED) is 0.508. The summed E-state index contributed by atoms with van der Waals surface area (Å²) in [5.74, 6) is 0. The molecule has 94 valence electrons. The minimum Gasteiger partial charge on any atom is -0.349 e. The molecule has 0 atom stereocenters. The van der Waals surface area contributed by atoms with Gasteiger partial charge in [-0.2, -0.15) is 13.2 Å². The molecule has 6 nitrogen and oxygen atoms in total. The number of alkyl halides is 3. The number of hydrogen-bond acceptors (Lipinski definition) is 4. The topological polar surface area (TPSA) is 88.4 Å². The van der Waals surface area contributed by atoms with Crippen molar-refractivity contribution < 1.29 is 18.1 Å². The Hall–Kier alpha value is -2.45. The van der Waals surface area contributed by atoms with Crippen LogP contribution < -0.4 is 0 Å². The van der Waals surface area contributed by atoms with E-state index in [1.54, 1.807) is 0 Å². The third-order valence-corrected chi connectivity index (χ3v) is 2.34. The first-order valence-corrected chi connectivity index (χ1v) is 4.55. The number of non-ortho nitro benzene ring substituents is 1. The summed E-state index contributed by atoms with van der Waals surface area (Å²) in [6.45, 7) is 0. The molecular formula is C9H4F3N3O3. The average Bonchev–Trinajstić information content (AvgIpc) is 2.65. The minimum absolute atomic E-state index is 0.0393. The first kappa shape index (κ1) is 12.0. The molecule has 1 aromatic carbocycles. The van der Waals surface area contributed by atoms with Gasteiger partial charge in [-0.1, -0.05) is 0 Å². The van der Waals surface area contributed by atoms with Gasteiger partial charge in [0.2, 0.25) is 0 Å². The van der Waals surface area contributed by atoms with Crippen LogP contribution in [0.2, 0.25) is 0 Å². The van der Waals surface area contributed by atoms with Gasteiger partial charge in [-0.05, 0) is 11.2 Å². The van der Waals surface area contributed by atoms with Crippen LogP contribution in [-0.2, 0) is 6.18 Å². The summed E-state index contributed by atoms with van der Waals surface area (Å²) in [6, 6.07) is 3.00. The summed E-state index contributed by atoms with van der Waals surface area (Å²) in [5, 5.41) is 12.6. The predicted molar refractivity (Wildman–Crippen MR) is 55.4 cm³/mol. The van der Waals surface area contributed by atoms with Crippen LogP contribution in [0.25, 0.3) is 10.9 Å². The Bertz CT molecular complexity index is 648. The van der Waals surface area contributed by atoms with Crippen molar-refractivity contribution >= 4 is 22.3 Å². The lowest BCUT2D eigenvalue weighted by atomic mass is 10.2. The number of nitro groups is 1. The molecule has 0 bridgehead atoms. The number of halogens is 3. The lowest BCUT2D eigenvalue weighted by molar-refractivity contribution is -0.384. The van der Waals surface area contributed by atoms with Crippen molar-refractivity contribution in [2.24, 2.45) is 5.18 Å². The van der Waals surface area contributed by atoms with Gasteiger partial charge in [0.25, 0.3) is 5.69 Å². The maximum atomic E-state index is 12.6. The zero-order valence-corrected chi connectivity index (χ0v) is 8.49. The van der Waals surface area contributed by atoms with Gasteiger partial charge in [0.05, 0.1) is 4.92 Å². The summed E-state index contributed by atoms with van der Waals surface area (Å²) in [5.41, 5.74) is -2.64. The zero-order valence-electron chi connectivity index (χ0n) is 8.49. The maximum Gasteiger partial charge on any atom is 0.433 e. The van der Waals surface area contributed by atoms with E-state index >= 15 is 0 Å². The van der Waals surface area contributed by atoms with E-state index < -0.39 is 28.2 Å². The fourth-order valence-corrected chi connectivity index (χ4v) is 1.58. The normalized spacial score (nSPS) is 11.7. The van der Waals surface area contributed by atoms with Crippen molar-refractivity contribution in [1.29, 1.82) is 0 Å². The van der Waals surface area contributed by atoms with Gasteiger partial charge in [-0.3, -0.25) is 10.1 Å². The van der Waals surface area contributed by atoms with Gasteiger partial charge < -0.3 is 4.98 Å². The summed E-state index contributed by atoms with van der Waals surface area (Å²) >= 11 is 0. The van der Waals surface area contributed by atoms with Gasteiger partial charge in [-0.25, -0.2) is 0 Å². The van der Waals surface area contributed by atoms with Crippen molar-refractivity contribution in [1.82, 2.24) is 4.98 Å². The van der Waals surface area contributed by atoms with E-state index in [1.165, 1.54) is 0 Å². The predicted octanol–water partition coefficient (Wildman–Crippen LogP) is 3.49. The molecule has 2 aromatic rings. The molecule has 0 aliphatic heterocycles. The van der Waals surface area contributed by atoms with E-state index in [-0.39, 0.29) is 10.9 Å². The molecule has 18 heavy (non-hydrogen) atoms. The van der Waals surface area contributed by atoms with Crippen LogP contribution in [0.5, 0.6) is 0 Å². The molecule has 0 fully saturated rings. The van der Waals surface area contributed by atoms with Crippen LogP contribution in [0.15, 0.2) is 23.4 Å². The number of rotatable bonds is 2. The molecule has 1 aromatic heterocycles. The molecule has 0 aliphatic carbocycles. The molecule has 0 radical (unpaired) electrons. The highest BCUT2D eigenvalue weighted by Gasteiger charge is 2.37. The standard InChI is InChI=1S/C9H4F3N3O3/c10-9(11,12)8-7(14-16)5-3-4(15(17)18)1-2-6(5)13-8/h1-3,13H. The maximum absolute atomic E-state index is 12.6. The number of hydrogen-bond donors (Lipinski definition) is 1. The Morgan fingerprint density at radius 2 is 2.00 bits per heavy atom. The SMILES string of the molecule is O=Nc1c(C(F)(F)F)[nH]c2ccc([N+](=O)[O-])cc12. The van der Waals surface area contributed by atoms with Crippen molar-refractivity contribution in [3.63, 3.8) is 0 Å². The Morgan fingerprint density at radius 1 is 1.33 bits per heavy atom. The first-order chi connectivity index (χ1) is 8.34. The van der Waals surface area contributed by atoms with Gasteiger partial charge >= 0.3 is 6.18 Å². The Balaban J connectivity index is 2.78. The zero-order chi connectivity index (χ0) is 13.5. The van der Waals surface area contributed by atoms with Crippen LogP contribution in [0.1, 0.15) is 5.69 Å².